The van der Waals surface area contributed by atoms with E-state index < -0.39 is 0 Å². The van der Waals surface area contributed by atoms with Crippen molar-refractivity contribution in [1.29, 1.82) is 0 Å². The number of methoxy groups -OCH3 is 2. The van der Waals surface area contributed by atoms with Crippen molar-refractivity contribution >= 4 is 17.7 Å². The summed E-state index contributed by atoms with van der Waals surface area (Å²) < 4.78 is 15.8. The van der Waals surface area contributed by atoms with Crippen molar-refractivity contribution in [3.63, 3.8) is 0 Å². The first kappa shape index (κ1) is 15.3. The summed E-state index contributed by atoms with van der Waals surface area (Å²) in [5.74, 6) is 1.54. The first-order valence-corrected chi connectivity index (χ1v) is 6.85. The molecule has 3 nitrogen and oxygen atoms in total. The van der Waals surface area contributed by atoms with Crippen LogP contribution < -0.4 is 9.47 Å². The third-order valence-corrected chi connectivity index (χ3v) is 3.07. The molecule has 0 aliphatic rings. The van der Waals surface area contributed by atoms with Gasteiger partial charge in [0.15, 0.2) is 0 Å². The Kier molecular flexibility index (Phi) is 5.52. The third-order valence-electron chi connectivity index (χ3n) is 2.85. The number of halogens is 1. The summed E-state index contributed by atoms with van der Waals surface area (Å²) in [6, 6.07) is 13.3. The molecule has 0 aliphatic heterocycles. The van der Waals surface area contributed by atoms with Gasteiger partial charge in [0.25, 0.3) is 0 Å². The first-order chi connectivity index (χ1) is 10.2. The van der Waals surface area contributed by atoms with Crippen molar-refractivity contribution in [3.05, 3.63) is 64.9 Å². The van der Waals surface area contributed by atoms with Crippen LogP contribution in [0.5, 0.6) is 11.5 Å². The van der Waals surface area contributed by atoms with E-state index in [-0.39, 0.29) is 0 Å². The van der Waals surface area contributed by atoms with Crippen LogP contribution in [0, 0.1) is 0 Å². The van der Waals surface area contributed by atoms with Crippen LogP contribution in [-0.2, 0) is 11.3 Å². The van der Waals surface area contributed by atoms with Crippen molar-refractivity contribution in [3.8, 4) is 11.5 Å². The Morgan fingerprint density at radius 3 is 2.43 bits per heavy atom. The second-order valence-corrected chi connectivity index (χ2v) is 4.83. The highest BCUT2D eigenvalue weighted by Gasteiger charge is 2.01. The minimum atomic E-state index is 0.470. The van der Waals surface area contributed by atoms with E-state index in [9.17, 15) is 0 Å². The maximum absolute atomic E-state index is 6.08. The van der Waals surface area contributed by atoms with Crippen molar-refractivity contribution < 1.29 is 14.2 Å². The molecule has 0 amide bonds. The Hall–Kier alpha value is -2.13. The van der Waals surface area contributed by atoms with Gasteiger partial charge in [-0.3, -0.25) is 0 Å². The summed E-state index contributed by atoms with van der Waals surface area (Å²) in [6.07, 6.45) is 3.42. The maximum Gasteiger partial charge on any atom is 0.121 e. The second kappa shape index (κ2) is 7.60. The molecular formula is C17H17ClO3. The lowest BCUT2D eigenvalue weighted by Gasteiger charge is -2.08. The number of ether oxygens (including phenoxy) is 3. The van der Waals surface area contributed by atoms with Gasteiger partial charge in [0, 0.05) is 5.02 Å². The largest absolute Gasteiger partial charge is 0.504 e. The van der Waals surface area contributed by atoms with Gasteiger partial charge in [0.2, 0.25) is 0 Å². The van der Waals surface area contributed by atoms with Crippen LogP contribution in [0.2, 0.25) is 5.02 Å². The molecule has 2 rings (SSSR count). The zero-order valence-corrected chi connectivity index (χ0v) is 12.8. The highest BCUT2D eigenvalue weighted by molar-refractivity contribution is 6.30. The minimum Gasteiger partial charge on any atom is -0.504 e. The van der Waals surface area contributed by atoms with E-state index in [0.29, 0.717) is 17.4 Å². The molecule has 0 saturated carbocycles. The molecule has 0 atom stereocenters. The van der Waals surface area contributed by atoms with Crippen molar-refractivity contribution in [1.82, 2.24) is 0 Å². The van der Waals surface area contributed by atoms with Gasteiger partial charge in [-0.1, -0.05) is 23.7 Å². The highest BCUT2D eigenvalue weighted by atomic mass is 35.5. The standard InChI is InChI=1S/C17H17ClO3/c1-19-8-7-14-9-15(18)11-17(10-14)21-12-13-3-5-16(20-2)6-4-13/h3-11H,12H2,1-2H3. The van der Waals surface area contributed by atoms with Crippen molar-refractivity contribution in [2.75, 3.05) is 14.2 Å². The average Bonchev–Trinajstić information content (AvgIpc) is 2.51. The summed E-state index contributed by atoms with van der Waals surface area (Å²) in [5.41, 5.74) is 1.99. The number of benzene rings is 2. The number of rotatable bonds is 6. The fourth-order valence-corrected chi connectivity index (χ4v) is 2.03. The molecule has 2 aromatic carbocycles. The molecule has 0 bridgehead atoms. The summed E-state index contributed by atoms with van der Waals surface area (Å²) in [7, 11) is 3.24. The van der Waals surface area contributed by atoms with Crippen LogP contribution in [0.25, 0.3) is 6.08 Å². The van der Waals surface area contributed by atoms with Crippen LogP contribution in [0.4, 0.5) is 0 Å². The van der Waals surface area contributed by atoms with E-state index in [4.69, 9.17) is 25.8 Å². The molecule has 2 aromatic rings. The summed E-state index contributed by atoms with van der Waals surface area (Å²) in [4.78, 5) is 0. The van der Waals surface area contributed by atoms with E-state index in [0.717, 1.165) is 16.9 Å². The Labute approximate surface area is 129 Å². The second-order valence-electron chi connectivity index (χ2n) is 4.40. The van der Waals surface area contributed by atoms with Gasteiger partial charge in [-0.05, 0) is 47.5 Å². The molecule has 21 heavy (non-hydrogen) atoms. The van der Waals surface area contributed by atoms with E-state index >= 15 is 0 Å². The third kappa shape index (κ3) is 4.72. The molecule has 4 heteroatoms. The molecule has 110 valence electrons. The zero-order chi connectivity index (χ0) is 15.1. The van der Waals surface area contributed by atoms with Gasteiger partial charge in [-0.25, -0.2) is 0 Å². The summed E-state index contributed by atoms with van der Waals surface area (Å²) in [5, 5.41) is 0.623. The minimum absolute atomic E-state index is 0.470. The predicted molar refractivity (Wildman–Crippen MR) is 84.8 cm³/mol. The number of hydrogen-bond donors (Lipinski definition) is 0. The van der Waals surface area contributed by atoms with Crippen LogP contribution in [0.1, 0.15) is 11.1 Å². The molecule has 0 unspecified atom stereocenters. The fourth-order valence-electron chi connectivity index (χ4n) is 1.80. The zero-order valence-electron chi connectivity index (χ0n) is 12.0. The smallest absolute Gasteiger partial charge is 0.121 e. The topological polar surface area (TPSA) is 27.7 Å². The molecule has 0 heterocycles. The van der Waals surface area contributed by atoms with E-state index in [1.165, 1.54) is 0 Å². The quantitative estimate of drug-likeness (QED) is 0.733. The molecule has 0 fully saturated rings. The Morgan fingerprint density at radius 1 is 1.00 bits per heavy atom. The van der Waals surface area contributed by atoms with Crippen LogP contribution in [0.15, 0.2) is 48.7 Å². The highest BCUT2D eigenvalue weighted by Crippen LogP contribution is 2.23. The molecular weight excluding hydrogens is 288 g/mol. The SMILES string of the molecule is COC=Cc1cc(Cl)cc(OCc2ccc(OC)cc2)c1. The van der Waals surface area contributed by atoms with Crippen LogP contribution in [-0.4, -0.2) is 14.2 Å². The average molecular weight is 305 g/mol. The Morgan fingerprint density at radius 2 is 1.76 bits per heavy atom. The molecule has 0 aromatic heterocycles. The van der Waals surface area contributed by atoms with Crippen molar-refractivity contribution in [2.24, 2.45) is 0 Å². The fraction of sp³-hybridized carbons (Fsp3) is 0.176. The van der Waals surface area contributed by atoms with Gasteiger partial charge < -0.3 is 14.2 Å². The van der Waals surface area contributed by atoms with Gasteiger partial charge in [-0.2, -0.15) is 0 Å². The van der Waals surface area contributed by atoms with Crippen LogP contribution in [0.3, 0.4) is 0 Å². The molecule has 0 radical (unpaired) electrons. The Balaban J connectivity index is 2.04. The summed E-state index contributed by atoms with van der Waals surface area (Å²) >= 11 is 6.08. The number of hydrogen-bond acceptors (Lipinski definition) is 3. The predicted octanol–water partition coefficient (Wildman–Crippen LogP) is 4.54. The molecule has 0 spiro atoms. The van der Waals surface area contributed by atoms with Gasteiger partial charge in [-0.15, -0.1) is 0 Å². The van der Waals surface area contributed by atoms with Gasteiger partial charge in [0.05, 0.1) is 20.5 Å². The van der Waals surface area contributed by atoms with E-state index in [2.05, 4.69) is 0 Å². The van der Waals surface area contributed by atoms with E-state index in [1.54, 1.807) is 26.5 Å². The van der Waals surface area contributed by atoms with E-state index in [1.807, 2.05) is 42.5 Å². The van der Waals surface area contributed by atoms with Gasteiger partial charge >= 0.3 is 0 Å². The monoisotopic (exact) mass is 304 g/mol. The summed E-state index contributed by atoms with van der Waals surface area (Å²) in [6.45, 7) is 0.470. The van der Waals surface area contributed by atoms with Crippen LogP contribution >= 0.6 is 11.6 Å². The maximum atomic E-state index is 6.08. The normalized spacial score (nSPS) is 10.6. The lowest BCUT2D eigenvalue weighted by Crippen LogP contribution is -1.96. The Bertz CT molecular complexity index is 606. The lowest BCUT2D eigenvalue weighted by atomic mass is 10.2. The molecule has 0 saturated heterocycles. The van der Waals surface area contributed by atoms with Gasteiger partial charge in [0.1, 0.15) is 18.1 Å². The first-order valence-electron chi connectivity index (χ1n) is 6.47. The lowest BCUT2D eigenvalue weighted by molar-refractivity contribution is 0.306. The molecule has 0 N–H and O–H groups in total. The van der Waals surface area contributed by atoms with Crippen molar-refractivity contribution in [2.45, 2.75) is 6.61 Å². The molecule has 0 aliphatic carbocycles.